The summed E-state index contributed by atoms with van der Waals surface area (Å²) in [5.74, 6) is 1.36. The van der Waals surface area contributed by atoms with Crippen LogP contribution in [0.4, 0.5) is 0 Å². The summed E-state index contributed by atoms with van der Waals surface area (Å²) in [6, 6.07) is 13.2. The van der Waals surface area contributed by atoms with Gasteiger partial charge in [-0.2, -0.15) is 0 Å². The van der Waals surface area contributed by atoms with E-state index in [-0.39, 0.29) is 0 Å². The Bertz CT molecular complexity index is 1140. The Labute approximate surface area is 218 Å². The molecule has 3 aromatic rings. The fourth-order valence-corrected chi connectivity index (χ4v) is 5.75. The number of nitrogens with zero attached hydrogens (tertiary/aromatic N) is 3. The Morgan fingerprint density at radius 1 is 0.750 bits per heavy atom. The standard InChI is InChI=1S/C32H45N3O/c1-21(2)25-14-12-15-26(22(3)4)30(25)34-20-29(32(36)18-10-9-11-19-32)35(33-34)31-27(23(5)6)16-13-17-28(31)24(7)8/h12-17,21-24,36H,9-11,18-19H2,1-8H3. The molecule has 4 rings (SSSR count). The number of benzene rings is 2. The maximum absolute atomic E-state index is 12.1. The molecular weight excluding hydrogens is 442 g/mol. The predicted molar refractivity (Wildman–Crippen MR) is 147 cm³/mol. The molecule has 4 nitrogen and oxygen atoms in total. The van der Waals surface area contributed by atoms with Gasteiger partial charge in [0.1, 0.15) is 11.3 Å². The SMILES string of the molecule is CC(C)c1cccc(C(C)C)c1-n1n[n+](-c2c(C(C)C)cccc2C(C)C)[c-]c1C1(O)CCCCC1. The van der Waals surface area contributed by atoms with Crippen LogP contribution in [0.3, 0.4) is 0 Å². The minimum absolute atomic E-state index is 0.333. The molecule has 2 aromatic carbocycles. The summed E-state index contributed by atoms with van der Waals surface area (Å²) in [6.07, 6.45) is 8.37. The minimum Gasteiger partial charge on any atom is -0.383 e. The summed E-state index contributed by atoms with van der Waals surface area (Å²) in [4.78, 5) is 0. The van der Waals surface area contributed by atoms with Crippen molar-refractivity contribution in [3.05, 3.63) is 70.5 Å². The molecule has 1 N–H and O–H groups in total. The molecule has 0 bridgehead atoms. The predicted octanol–water partition coefficient (Wildman–Crippen LogP) is 7.59. The van der Waals surface area contributed by atoms with Crippen LogP contribution in [0.15, 0.2) is 36.4 Å². The van der Waals surface area contributed by atoms with Crippen LogP contribution in [0.5, 0.6) is 0 Å². The molecule has 0 amide bonds. The second kappa shape index (κ2) is 10.5. The third kappa shape index (κ3) is 4.89. The third-order valence-electron chi connectivity index (χ3n) is 7.83. The van der Waals surface area contributed by atoms with Gasteiger partial charge in [0.15, 0.2) is 5.69 Å². The van der Waals surface area contributed by atoms with E-state index in [1.807, 2.05) is 4.68 Å². The molecule has 36 heavy (non-hydrogen) atoms. The van der Waals surface area contributed by atoms with Crippen molar-refractivity contribution in [1.82, 2.24) is 9.90 Å². The van der Waals surface area contributed by atoms with Crippen LogP contribution >= 0.6 is 0 Å². The summed E-state index contributed by atoms with van der Waals surface area (Å²) in [7, 11) is 0. The van der Waals surface area contributed by atoms with E-state index >= 15 is 0 Å². The molecular formula is C32H45N3O. The van der Waals surface area contributed by atoms with Gasteiger partial charge in [-0.3, -0.25) is 4.68 Å². The first-order valence-corrected chi connectivity index (χ1v) is 14.0. The van der Waals surface area contributed by atoms with Gasteiger partial charge in [-0.1, -0.05) is 122 Å². The largest absolute Gasteiger partial charge is 0.383 e. The first-order chi connectivity index (χ1) is 17.0. The molecule has 1 aliphatic carbocycles. The Morgan fingerprint density at radius 2 is 1.19 bits per heavy atom. The van der Waals surface area contributed by atoms with E-state index in [0.717, 1.165) is 42.8 Å². The summed E-state index contributed by atoms with van der Waals surface area (Å²) >= 11 is 0. The average molecular weight is 488 g/mol. The molecule has 1 heterocycles. The van der Waals surface area contributed by atoms with Gasteiger partial charge in [-0.15, -0.1) is 4.68 Å². The van der Waals surface area contributed by atoms with E-state index < -0.39 is 5.60 Å². The second-order valence-corrected chi connectivity index (χ2v) is 12.0. The highest BCUT2D eigenvalue weighted by molar-refractivity contribution is 5.52. The maximum atomic E-state index is 12.1. The van der Waals surface area contributed by atoms with Crippen LogP contribution in [0, 0.1) is 6.20 Å². The molecule has 0 aliphatic heterocycles. The Balaban J connectivity index is 2.08. The third-order valence-corrected chi connectivity index (χ3v) is 7.83. The lowest BCUT2D eigenvalue weighted by Gasteiger charge is -2.31. The van der Waals surface area contributed by atoms with Crippen LogP contribution in [0.2, 0.25) is 0 Å². The molecule has 0 radical (unpaired) electrons. The van der Waals surface area contributed by atoms with Crippen molar-refractivity contribution in [2.45, 2.75) is 117 Å². The highest BCUT2D eigenvalue weighted by Crippen LogP contribution is 2.40. The number of aliphatic hydroxyl groups is 1. The second-order valence-electron chi connectivity index (χ2n) is 12.0. The van der Waals surface area contributed by atoms with Gasteiger partial charge in [0.25, 0.3) is 0 Å². The fourth-order valence-electron chi connectivity index (χ4n) is 5.75. The lowest BCUT2D eigenvalue weighted by molar-refractivity contribution is -0.666. The molecule has 1 aromatic heterocycles. The van der Waals surface area contributed by atoms with E-state index in [9.17, 15) is 5.11 Å². The highest BCUT2D eigenvalue weighted by atomic mass is 16.3. The number of rotatable bonds is 7. The zero-order valence-corrected chi connectivity index (χ0v) is 23.6. The van der Waals surface area contributed by atoms with Gasteiger partial charge in [0.2, 0.25) is 0 Å². The van der Waals surface area contributed by atoms with Gasteiger partial charge in [-0.25, -0.2) is 0 Å². The van der Waals surface area contributed by atoms with Crippen molar-refractivity contribution in [2.24, 2.45) is 0 Å². The van der Waals surface area contributed by atoms with Crippen molar-refractivity contribution in [3.63, 3.8) is 0 Å². The van der Waals surface area contributed by atoms with E-state index in [0.29, 0.717) is 23.7 Å². The molecule has 0 saturated heterocycles. The first-order valence-electron chi connectivity index (χ1n) is 14.0. The highest BCUT2D eigenvalue weighted by Gasteiger charge is 2.38. The van der Waals surface area contributed by atoms with Crippen LogP contribution in [0.1, 0.15) is 139 Å². The quantitative estimate of drug-likeness (QED) is 0.275. The lowest BCUT2D eigenvalue weighted by atomic mass is 9.82. The summed E-state index contributed by atoms with van der Waals surface area (Å²) < 4.78 is 4.00. The molecule has 1 aliphatic rings. The Hall–Kier alpha value is -2.46. The van der Waals surface area contributed by atoms with Crippen LogP contribution in [0.25, 0.3) is 11.4 Å². The molecule has 0 atom stereocenters. The average Bonchev–Trinajstić information content (AvgIpc) is 3.29. The van der Waals surface area contributed by atoms with Crippen molar-refractivity contribution in [2.75, 3.05) is 0 Å². The van der Waals surface area contributed by atoms with Gasteiger partial charge >= 0.3 is 0 Å². The van der Waals surface area contributed by atoms with E-state index in [1.165, 1.54) is 28.7 Å². The number of aromatic nitrogens is 3. The lowest BCUT2D eigenvalue weighted by Crippen LogP contribution is -2.37. The zero-order chi connectivity index (χ0) is 26.2. The van der Waals surface area contributed by atoms with Crippen LogP contribution in [-0.2, 0) is 5.60 Å². The Kier molecular flexibility index (Phi) is 7.75. The fraction of sp³-hybridized carbons (Fsp3) is 0.562. The maximum Gasteiger partial charge on any atom is 0.161 e. The van der Waals surface area contributed by atoms with Crippen LogP contribution < -0.4 is 4.68 Å². The van der Waals surface area contributed by atoms with Crippen LogP contribution in [-0.4, -0.2) is 15.0 Å². The van der Waals surface area contributed by atoms with Crippen molar-refractivity contribution in [1.29, 1.82) is 0 Å². The van der Waals surface area contributed by atoms with Gasteiger partial charge in [0, 0.05) is 23.0 Å². The normalized spacial score (nSPS) is 16.0. The molecule has 1 saturated carbocycles. The van der Waals surface area contributed by atoms with E-state index in [1.54, 1.807) is 0 Å². The van der Waals surface area contributed by atoms with Crippen molar-refractivity contribution >= 4 is 0 Å². The molecule has 0 unspecified atom stereocenters. The summed E-state index contributed by atoms with van der Waals surface area (Å²) in [5, 5.41) is 17.3. The number of hydrogen-bond donors (Lipinski definition) is 1. The number of para-hydroxylation sites is 2. The topological polar surface area (TPSA) is 41.9 Å². The Morgan fingerprint density at radius 3 is 1.64 bits per heavy atom. The molecule has 1 fully saturated rings. The number of hydrogen-bond acceptors (Lipinski definition) is 2. The van der Waals surface area contributed by atoms with Crippen molar-refractivity contribution in [3.8, 4) is 11.4 Å². The van der Waals surface area contributed by atoms with Crippen molar-refractivity contribution < 1.29 is 9.79 Å². The zero-order valence-electron chi connectivity index (χ0n) is 23.6. The summed E-state index contributed by atoms with van der Waals surface area (Å²) in [6.45, 7) is 17.9. The van der Waals surface area contributed by atoms with E-state index in [4.69, 9.17) is 5.21 Å². The van der Waals surface area contributed by atoms with Gasteiger partial charge in [-0.05, 0) is 36.5 Å². The first kappa shape index (κ1) is 26.6. The summed E-state index contributed by atoms with van der Waals surface area (Å²) in [5.41, 5.74) is 7.12. The molecule has 194 valence electrons. The van der Waals surface area contributed by atoms with Gasteiger partial charge in [0.05, 0.1) is 5.21 Å². The molecule has 4 heteroatoms. The van der Waals surface area contributed by atoms with Gasteiger partial charge < -0.3 is 5.11 Å². The van der Waals surface area contributed by atoms with E-state index in [2.05, 4.69) is 103 Å². The smallest absolute Gasteiger partial charge is 0.161 e. The molecule has 0 spiro atoms. The minimum atomic E-state index is -0.931. The monoisotopic (exact) mass is 487 g/mol.